The fourth-order valence-electron chi connectivity index (χ4n) is 1.40. The van der Waals surface area contributed by atoms with Crippen molar-refractivity contribution in [2.45, 2.75) is 18.6 Å². The number of carbonyl (C=O) groups excluding carboxylic acids is 1. The number of halogens is 1. The van der Waals surface area contributed by atoms with Crippen LogP contribution in [0.4, 0.5) is 4.39 Å². The molecule has 0 bridgehead atoms. The van der Waals surface area contributed by atoms with Gasteiger partial charge in [0.15, 0.2) is 9.84 Å². The van der Waals surface area contributed by atoms with Crippen molar-refractivity contribution in [2.24, 2.45) is 5.73 Å². The van der Waals surface area contributed by atoms with Crippen molar-refractivity contribution in [3.63, 3.8) is 0 Å². The second kappa shape index (κ2) is 4.83. The number of sulfone groups is 1. The number of hydrogen-bond donors (Lipinski definition) is 1. The number of benzene rings is 1. The highest BCUT2D eigenvalue weighted by Crippen LogP contribution is 2.19. The van der Waals surface area contributed by atoms with Crippen LogP contribution in [0.3, 0.4) is 0 Å². The van der Waals surface area contributed by atoms with E-state index < -0.39 is 27.5 Å². The standard InChI is InChI=1S/C11H14FNO3S/c1-7(11(13)14)8-3-4-9(10(12)5-8)6-17(2,15)16/h3-5,7H,6H2,1-2H3,(H2,13,14). The van der Waals surface area contributed by atoms with Crippen LogP contribution in [0.25, 0.3) is 0 Å². The first-order chi connectivity index (χ1) is 7.70. The molecule has 1 aromatic carbocycles. The third-order valence-corrected chi connectivity index (χ3v) is 3.26. The van der Waals surface area contributed by atoms with Gasteiger partial charge in [-0.1, -0.05) is 12.1 Å². The van der Waals surface area contributed by atoms with E-state index in [9.17, 15) is 17.6 Å². The molecule has 17 heavy (non-hydrogen) atoms. The molecule has 4 nitrogen and oxygen atoms in total. The third kappa shape index (κ3) is 3.81. The fourth-order valence-corrected chi connectivity index (χ4v) is 2.20. The van der Waals surface area contributed by atoms with Crippen LogP contribution in [-0.4, -0.2) is 20.6 Å². The Hall–Kier alpha value is -1.43. The molecule has 1 atom stereocenters. The molecule has 0 aliphatic carbocycles. The monoisotopic (exact) mass is 259 g/mol. The smallest absolute Gasteiger partial charge is 0.224 e. The normalized spacial score (nSPS) is 13.4. The van der Waals surface area contributed by atoms with Crippen LogP contribution in [0.5, 0.6) is 0 Å². The Balaban J connectivity index is 3.06. The first-order valence-electron chi connectivity index (χ1n) is 4.96. The quantitative estimate of drug-likeness (QED) is 0.874. The van der Waals surface area contributed by atoms with Gasteiger partial charge in [0.2, 0.25) is 5.91 Å². The summed E-state index contributed by atoms with van der Waals surface area (Å²) in [5.41, 5.74) is 5.63. The minimum atomic E-state index is -3.28. The molecule has 1 aromatic rings. The zero-order chi connectivity index (χ0) is 13.2. The molecular weight excluding hydrogens is 245 g/mol. The molecule has 1 unspecified atom stereocenters. The van der Waals surface area contributed by atoms with Gasteiger partial charge in [0.1, 0.15) is 5.82 Å². The van der Waals surface area contributed by atoms with Crippen LogP contribution in [0.15, 0.2) is 18.2 Å². The average Bonchev–Trinajstić information content (AvgIpc) is 2.18. The van der Waals surface area contributed by atoms with Gasteiger partial charge in [-0.3, -0.25) is 4.79 Å². The van der Waals surface area contributed by atoms with Crippen molar-refractivity contribution in [1.82, 2.24) is 0 Å². The highest BCUT2D eigenvalue weighted by molar-refractivity contribution is 7.89. The zero-order valence-corrected chi connectivity index (χ0v) is 10.4. The van der Waals surface area contributed by atoms with Gasteiger partial charge in [-0.05, 0) is 18.6 Å². The van der Waals surface area contributed by atoms with Crippen LogP contribution in [0.2, 0.25) is 0 Å². The van der Waals surface area contributed by atoms with Crippen molar-refractivity contribution in [3.8, 4) is 0 Å². The van der Waals surface area contributed by atoms with Gasteiger partial charge in [-0.15, -0.1) is 0 Å². The summed E-state index contributed by atoms with van der Waals surface area (Å²) in [4.78, 5) is 10.9. The molecule has 1 amide bonds. The predicted molar refractivity (Wildman–Crippen MR) is 62.6 cm³/mol. The zero-order valence-electron chi connectivity index (χ0n) is 9.60. The summed E-state index contributed by atoms with van der Waals surface area (Å²) in [5.74, 6) is -2.15. The van der Waals surface area contributed by atoms with E-state index in [1.54, 1.807) is 6.92 Å². The molecule has 0 fully saturated rings. The highest BCUT2D eigenvalue weighted by atomic mass is 32.2. The summed E-state index contributed by atoms with van der Waals surface area (Å²) in [7, 11) is -3.28. The summed E-state index contributed by atoms with van der Waals surface area (Å²) in [6, 6.07) is 4.03. The Kier molecular flexibility index (Phi) is 3.87. The first-order valence-corrected chi connectivity index (χ1v) is 7.02. The molecule has 0 spiro atoms. The second-order valence-corrected chi connectivity index (χ2v) is 6.19. The van der Waals surface area contributed by atoms with Crippen LogP contribution >= 0.6 is 0 Å². The molecule has 0 aromatic heterocycles. The van der Waals surface area contributed by atoms with Crippen LogP contribution in [0.1, 0.15) is 24.0 Å². The average molecular weight is 259 g/mol. The van der Waals surface area contributed by atoms with E-state index >= 15 is 0 Å². The Labute approximate surface area is 99.5 Å². The lowest BCUT2D eigenvalue weighted by Gasteiger charge is -2.09. The number of amides is 1. The van der Waals surface area contributed by atoms with Crippen molar-refractivity contribution >= 4 is 15.7 Å². The Morgan fingerprint density at radius 3 is 2.47 bits per heavy atom. The SMILES string of the molecule is CC(C(N)=O)c1ccc(CS(C)(=O)=O)c(F)c1. The van der Waals surface area contributed by atoms with Crippen molar-refractivity contribution < 1.29 is 17.6 Å². The summed E-state index contributed by atoms with van der Waals surface area (Å²) in [6.45, 7) is 1.56. The lowest BCUT2D eigenvalue weighted by atomic mass is 9.99. The maximum Gasteiger partial charge on any atom is 0.224 e. The maximum atomic E-state index is 13.6. The molecule has 0 aliphatic heterocycles. The predicted octanol–water partition coefficient (Wildman–Crippen LogP) is 0.959. The van der Waals surface area contributed by atoms with Gasteiger partial charge in [-0.2, -0.15) is 0 Å². The molecular formula is C11H14FNO3S. The van der Waals surface area contributed by atoms with E-state index in [0.717, 1.165) is 12.3 Å². The summed E-state index contributed by atoms with van der Waals surface area (Å²) < 4.78 is 35.7. The van der Waals surface area contributed by atoms with Gasteiger partial charge < -0.3 is 5.73 Å². The molecule has 0 saturated heterocycles. The van der Waals surface area contributed by atoms with Crippen LogP contribution < -0.4 is 5.73 Å². The number of hydrogen-bond acceptors (Lipinski definition) is 3. The maximum absolute atomic E-state index is 13.6. The minimum absolute atomic E-state index is 0.0907. The lowest BCUT2D eigenvalue weighted by Crippen LogP contribution is -2.19. The van der Waals surface area contributed by atoms with Crippen molar-refractivity contribution in [2.75, 3.05) is 6.26 Å². The van der Waals surface area contributed by atoms with E-state index in [-0.39, 0.29) is 11.3 Å². The van der Waals surface area contributed by atoms with Gasteiger partial charge in [-0.25, -0.2) is 12.8 Å². The summed E-state index contributed by atoms with van der Waals surface area (Å²) in [5, 5.41) is 0. The Morgan fingerprint density at radius 1 is 1.47 bits per heavy atom. The van der Waals surface area contributed by atoms with Crippen LogP contribution in [0, 0.1) is 5.82 Å². The van der Waals surface area contributed by atoms with Gasteiger partial charge >= 0.3 is 0 Å². The molecule has 94 valence electrons. The molecule has 6 heteroatoms. The summed E-state index contributed by atoms with van der Waals surface area (Å²) in [6.07, 6.45) is 1.03. The van der Waals surface area contributed by atoms with E-state index in [4.69, 9.17) is 5.73 Å². The number of carbonyl (C=O) groups is 1. The number of primary amides is 1. The van der Waals surface area contributed by atoms with E-state index in [0.29, 0.717) is 5.56 Å². The Morgan fingerprint density at radius 2 is 2.06 bits per heavy atom. The third-order valence-electron chi connectivity index (χ3n) is 2.42. The molecule has 0 heterocycles. The van der Waals surface area contributed by atoms with Gasteiger partial charge in [0.05, 0.1) is 11.7 Å². The first kappa shape index (κ1) is 13.6. The van der Waals surface area contributed by atoms with Gasteiger partial charge in [0.25, 0.3) is 0 Å². The van der Waals surface area contributed by atoms with E-state index in [1.165, 1.54) is 12.1 Å². The van der Waals surface area contributed by atoms with Crippen molar-refractivity contribution in [1.29, 1.82) is 0 Å². The number of rotatable bonds is 4. The molecule has 0 aliphatic rings. The van der Waals surface area contributed by atoms with E-state index in [1.807, 2.05) is 0 Å². The molecule has 0 radical (unpaired) electrons. The van der Waals surface area contributed by atoms with Crippen molar-refractivity contribution in [3.05, 3.63) is 35.1 Å². The second-order valence-electron chi connectivity index (χ2n) is 4.04. The molecule has 1 rings (SSSR count). The van der Waals surface area contributed by atoms with Gasteiger partial charge in [0, 0.05) is 11.8 Å². The molecule has 2 N–H and O–H groups in total. The largest absolute Gasteiger partial charge is 0.369 e. The number of nitrogens with two attached hydrogens (primary N) is 1. The molecule has 0 saturated carbocycles. The Bertz CT molecular complexity index is 540. The lowest BCUT2D eigenvalue weighted by molar-refractivity contribution is -0.119. The van der Waals surface area contributed by atoms with E-state index in [2.05, 4.69) is 0 Å². The van der Waals surface area contributed by atoms with Crippen LogP contribution in [-0.2, 0) is 20.4 Å². The summed E-state index contributed by atoms with van der Waals surface area (Å²) >= 11 is 0. The highest BCUT2D eigenvalue weighted by Gasteiger charge is 2.15. The topological polar surface area (TPSA) is 77.2 Å². The fraction of sp³-hybridized carbons (Fsp3) is 0.364. The minimum Gasteiger partial charge on any atom is -0.369 e.